The van der Waals surface area contributed by atoms with Crippen molar-refractivity contribution < 1.29 is 0 Å². The minimum atomic E-state index is 0.215. The van der Waals surface area contributed by atoms with Crippen LogP contribution in [0.25, 0.3) is 11.3 Å². The Balaban J connectivity index is 2.33. The number of hydrogen-bond donors (Lipinski definition) is 1. The molecule has 78 valence electrons. The number of nitrogens with zero attached hydrogens (tertiary/aromatic N) is 1. The Hall–Kier alpha value is -1.57. The molecule has 0 saturated carbocycles. The van der Waals surface area contributed by atoms with E-state index in [1.807, 2.05) is 6.20 Å². The second-order valence-corrected chi connectivity index (χ2v) is 4.79. The van der Waals surface area contributed by atoms with Crippen LogP contribution in [0.3, 0.4) is 0 Å². The van der Waals surface area contributed by atoms with E-state index in [1.54, 1.807) is 6.33 Å². The van der Waals surface area contributed by atoms with E-state index in [0.29, 0.717) is 0 Å². The van der Waals surface area contributed by atoms with Crippen LogP contribution in [0.2, 0.25) is 0 Å². The molecular weight excluding hydrogens is 184 g/mol. The zero-order chi connectivity index (χ0) is 10.9. The van der Waals surface area contributed by atoms with Crippen molar-refractivity contribution in [2.45, 2.75) is 26.2 Å². The summed E-state index contributed by atoms with van der Waals surface area (Å²) in [7, 11) is 0. The monoisotopic (exact) mass is 200 g/mol. The zero-order valence-electron chi connectivity index (χ0n) is 9.41. The molecule has 2 heteroatoms. The third kappa shape index (κ3) is 2.09. The van der Waals surface area contributed by atoms with Crippen molar-refractivity contribution in [1.82, 2.24) is 9.97 Å². The van der Waals surface area contributed by atoms with Crippen molar-refractivity contribution >= 4 is 0 Å². The molecule has 15 heavy (non-hydrogen) atoms. The van der Waals surface area contributed by atoms with Gasteiger partial charge in [0, 0.05) is 0 Å². The lowest BCUT2D eigenvalue weighted by Gasteiger charge is -2.18. The molecule has 0 aliphatic heterocycles. The summed E-state index contributed by atoms with van der Waals surface area (Å²) in [4.78, 5) is 7.11. The molecule has 0 aliphatic carbocycles. The van der Waals surface area contributed by atoms with Gasteiger partial charge in [-0.25, -0.2) is 4.98 Å². The molecule has 0 fully saturated rings. The van der Waals surface area contributed by atoms with Gasteiger partial charge in [0.1, 0.15) is 0 Å². The van der Waals surface area contributed by atoms with Crippen molar-refractivity contribution in [2.75, 3.05) is 0 Å². The molecule has 0 spiro atoms. The Labute approximate surface area is 90.4 Å². The molecule has 1 aromatic carbocycles. The summed E-state index contributed by atoms with van der Waals surface area (Å²) >= 11 is 0. The van der Waals surface area contributed by atoms with Gasteiger partial charge in [0.2, 0.25) is 0 Å². The van der Waals surface area contributed by atoms with Crippen LogP contribution in [0.15, 0.2) is 36.8 Å². The number of aromatic amines is 1. The van der Waals surface area contributed by atoms with E-state index < -0.39 is 0 Å². The van der Waals surface area contributed by atoms with Gasteiger partial charge >= 0.3 is 0 Å². The Morgan fingerprint density at radius 3 is 2.20 bits per heavy atom. The van der Waals surface area contributed by atoms with E-state index in [9.17, 15) is 0 Å². The SMILES string of the molecule is CC(C)(C)c1ccc(-c2cnc[nH]2)cc1. The van der Waals surface area contributed by atoms with Crippen molar-refractivity contribution in [1.29, 1.82) is 0 Å². The topological polar surface area (TPSA) is 28.7 Å². The third-order valence-electron chi connectivity index (χ3n) is 2.56. The number of H-pyrrole nitrogens is 1. The number of imidazole rings is 1. The molecule has 0 radical (unpaired) electrons. The number of aromatic nitrogens is 2. The summed E-state index contributed by atoms with van der Waals surface area (Å²) in [6.45, 7) is 6.66. The summed E-state index contributed by atoms with van der Waals surface area (Å²) in [5.74, 6) is 0. The average Bonchev–Trinajstić information content (AvgIpc) is 2.69. The lowest BCUT2D eigenvalue weighted by molar-refractivity contribution is 0.590. The molecule has 2 nitrogen and oxygen atoms in total. The molecule has 0 amide bonds. The van der Waals surface area contributed by atoms with Crippen LogP contribution in [0, 0.1) is 0 Å². The van der Waals surface area contributed by atoms with Gasteiger partial charge in [-0.1, -0.05) is 45.0 Å². The first-order valence-electron chi connectivity index (χ1n) is 5.17. The molecule has 2 aromatic rings. The lowest BCUT2D eigenvalue weighted by Crippen LogP contribution is -2.10. The Bertz CT molecular complexity index is 419. The van der Waals surface area contributed by atoms with Crippen molar-refractivity contribution in [3.8, 4) is 11.3 Å². The molecule has 1 aromatic heterocycles. The highest BCUT2D eigenvalue weighted by molar-refractivity contribution is 5.58. The smallest absolute Gasteiger partial charge is 0.0924 e. The van der Waals surface area contributed by atoms with Crippen LogP contribution in [-0.4, -0.2) is 9.97 Å². The maximum atomic E-state index is 4.01. The van der Waals surface area contributed by atoms with Gasteiger partial charge in [0.25, 0.3) is 0 Å². The van der Waals surface area contributed by atoms with Gasteiger partial charge in [-0.2, -0.15) is 0 Å². The average molecular weight is 200 g/mol. The standard InChI is InChI=1S/C13H16N2/c1-13(2,3)11-6-4-10(5-7-11)12-8-14-9-15-12/h4-9H,1-3H3,(H,14,15). The minimum Gasteiger partial charge on any atom is -0.345 e. The van der Waals surface area contributed by atoms with Crippen LogP contribution in [0.5, 0.6) is 0 Å². The molecule has 0 saturated heterocycles. The van der Waals surface area contributed by atoms with Crippen LogP contribution < -0.4 is 0 Å². The highest BCUT2D eigenvalue weighted by Crippen LogP contribution is 2.24. The molecule has 0 atom stereocenters. The van der Waals surface area contributed by atoms with E-state index in [0.717, 1.165) is 5.69 Å². The molecule has 0 aliphatic rings. The van der Waals surface area contributed by atoms with E-state index in [2.05, 4.69) is 55.0 Å². The maximum absolute atomic E-state index is 4.01. The van der Waals surface area contributed by atoms with Crippen LogP contribution in [0.4, 0.5) is 0 Å². The molecule has 0 unspecified atom stereocenters. The Morgan fingerprint density at radius 1 is 1.07 bits per heavy atom. The Morgan fingerprint density at radius 2 is 1.73 bits per heavy atom. The third-order valence-corrected chi connectivity index (χ3v) is 2.56. The predicted molar refractivity (Wildman–Crippen MR) is 62.7 cm³/mol. The van der Waals surface area contributed by atoms with E-state index in [-0.39, 0.29) is 5.41 Å². The second-order valence-electron chi connectivity index (χ2n) is 4.79. The summed E-state index contributed by atoms with van der Waals surface area (Å²) in [6, 6.07) is 8.62. The van der Waals surface area contributed by atoms with Crippen LogP contribution >= 0.6 is 0 Å². The first kappa shape index (κ1) is 9.97. The van der Waals surface area contributed by atoms with Gasteiger partial charge in [0.15, 0.2) is 0 Å². The molecular formula is C13H16N2. The first-order chi connectivity index (χ1) is 7.07. The van der Waals surface area contributed by atoms with Gasteiger partial charge in [-0.3, -0.25) is 0 Å². The fraction of sp³-hybridized carbons (Fsp3) is 0.308. The zero-order valence-corrected chi connectivity index (χ0v) is 9.41. The number of nitrogens with one attached hydrogen (secondary N) is 1. The number of rotatable bonds is 1. The molecule has 1 N–H and O–H groups in total. The largest absolute Gasteiger partial charge is 0.345 e. The van der Waals surface area contributed by atoms with Crippen molar-refractivity contribution in [2.24, 2.45) is 0 Å². The number of benzene rings is 1. The summed E-state index contributed by atoms with van der Waals surface area (Å²) in [5.41, 5.74) is 3.81. The molecule has 0 bridgehead atoms. The van der Waals surface area contributed by atoms with Crippen molar-refractivity contribution in [3.63, 3.8) is 0 Å². The fourth-order valence-corrected chi connectivity index (χ4v) is 1.56. The fourth-order valence-electron chi connectivity index (χ4n) is 1.56. The van der Waals surface area contributed by atoms with E-state index >= 15 is 0 Å². The Kier molecular flexibility index (Phi) is 2.35. The summed E-state index contributed by atoms with van der Waals surface area (Å²) < 4.78 is 0. The quantitative estimate of drug-likeness (QED) is 0.751. The molecule has 2 rings (SSSR count). The highest BCUT2D eigenvalue weighted by Gasteiger charge is 2.12. The molecule has 1 heterocycles. The van der Waals surface area contributed by atoms with Gasteiger partial charge in [0.05, 0.1) is 18.2 Å². The van der Waals surface area contributed by atoms with Crippen LogP contribution in [0.1, 0.15) is 26.3 Å². The van der Waals surface area contributed by atoms with Crippen LogP contribution in [-0.2, 0) is 5.41 Å². The van der Waals surface area contributed by atoms with Crippen molar-refractivity contribution in [3.05, 3.63) is 42.4 Å². The van der Waals surface area contributed by atoms with E-state index in [4.69, 9.17) is 0 Å². The number of hydrogen-bond acceptors (Lipinski definition) is 1. The van der Waals surface area contributed by atoms with Gasteiger partial charge < -0.3 is 4.98 Å². The summed E-state index contributed by atoms with van der Waals surface area (Å²) in [6.07, 6.45) is 3.54. The minimum absolute atomic E-state index is 0.215. The van der Waals surface area contributed by atoms with Gasteiger partial charge in [-0.15, -0.1) is 0 Å². The van der Waals surface area contributed by atoms with E-state index in [1.165, 1.54) is 11.1 Å². The highest BCUT2D eigenvalue weighted by atomic mass is 14.9. The van der Waals surface area contributed by atoms with Gasteiger partial charge in [-0.05, 0) is 16.5 Å². The second kappa shape index (κ2) is 3.54. The first-order valence-corrected chi connectivity index (χ1v) is 5.17. The maximum Gasteiger partial charge on any atom is 0.0924 e. The normalized spacial score (nSPS) is 11.7. The predicted octanol–water partition coefficient (Wildman–Crippen LogP) is 3.37. The summed E-state index contributed by atoms with van der Waals surface area (Å²) in [5, 5.41) is 0. The lowest BCUT2D eigenvalue weighted by atomic mass is 9.86.